The zero-order chi connectivity index (χ0) is 13.6. The summed E-state index contributed by atoms with van der Waals surface area (Å²) in [5.41, 5.74) is -0.244. The minimum Gasteiger partial charge on any atom is -0.352 e. The fourth-order valence-corrected chi connectivity index (χ4v) is 2.12. The van der Waals surface area contributed by atoms with E-state index >= 15 is 0 Å². The van der Waals surface area contributed by atoms with Crippen LogP contribution in [0.2, 0.25) is 0 Å². The van der Waals surface area contributed by atoms with Gasteiger partial charge in [-0.05, 0) is 0 Å². The van der Waals surface area contributed by atoms with Crippen molar-refractivity contribution in [2.75, 3.05) is 26.4 Å². The maximum atomic E-state index is 8.52. The minimum absolute atomic E-state index is 0.244. The number of hydrogen-bond acceptors (Lipinski definition) is 6. The second kappa shape index (κ2) is 6.83. The molecule has 2 aliphatic heterocycles. The van der Waals surface area contributed by atoms with Gasteiger partial charge in [-0.1, -0.05) is 0 Å². The van der Waals surface area contributed by atoms with Gasteiger partial charge in [0.1, 0.15) is 0 Å². The summed E-state index contributed by atoms with van der Waals surface area (Å²) in [6.07, 6.45) is 1.48. The molecule has 6 nitrogen and oxygen atoms in total. The number of rotatable bonds is 4. The van der Waals surface area contributed by atoms with E-state index in [9.17, 15) is 0 Å². The van der Waals surface area contributed by atoms with Crippen LogP contribution in [0.5, 0.6) is 0 Å². The molecule has 0 aliphatic carbocycles. The fraction of sp³-hybridized carbons (Fsp3) is 0.846. The summed E-state index contributed by atoms with van der Waals surface area (Å²) in [6.45, 7) is 2.09. The molecule has 0 amide bonds. The first-order chi connectivity index (χ1) is 9.28. The van der Waals surface area contributed by atoms with Crippen LogP contribution in [0.4, 0.5) is 0 Å². The van der Waals surface area contributed by atoms with Gasteiger partial charge < -0.3 is 18.9 Å². The SMILES string of the molecule is N#CCCC1OCC2(CO1)COC(CCC#N)OC2. The summed E-state index contributed by atoms with van der Waals surface area (Å²) in [4.78, 5) is 0. The number of ether oxygens (including phenoxy) is 4. The summed E-state index contributed by atoms with van der Waals surface area (Å²) in [6, 6.07) is 4.15. The van der Waals surface area contributed by atoms with E-state index in [1.807, 2.05) is 0 Å². The molecule has 0 aromatic heterocycles. The molecule has 1 spiro atoms. The van der Waals surface area contributed by atoms with Gasteiger partial charge in [0.25, 0.3) is 0 Å². The Labute approximate surface area is 112 Å². The molecule has 2 saturated heterocycles. The van der Waals surface area contributed by atoms with Crippen molar-refractivity contribution in [3.05, 3.63) is 0 Å². The van der Waals surface area contributed by atoms with E-state index in [2.05, 4.69) is 12.1 Å². The molecule has 0 N–H and O–H groups in total. The van der Waals surface area contributed by atoms with Crippen molar-refractivity contribution in [1.29, 1.82) is 10.5 Å². The van der Waals surface area contributed by atoms with Crippen molar-refractivity contribution in [2.45, 2.75) is 38.3 Å². The monoisotopic (exact) mass is 266 g/mol. The lowest BCUT2D eigenvalue weighted by Gasteiger charge is -2.43. The largest absolute Gasteiger partial charge is 0.352 e. The summed E-state index contributed by atoms with van der Waals surface area (Å²) in [5.74, 6) is 0. The average molecular weight is 266 g/mol. The van der Waals surface area contributed by atoms with Gasteiger partial charge in [-0.25, -0.2) is 0 Å². The third-order valence-corrected chi connectivity index (χ3v) is 3.29. The van der Waals surface area contributed by atoms with Crippen LogP contribution in [-0.4, -0.2) is 39.0 Å². The molecule has 2 rings (SSSR count). The quantitative estimate of drug-likeness (QED) is 0.763. The van der Waals surface area contributed by atoms with Crippen LogP contribution < -0.4 is 0 Å². The highest BCUT2D eigenvalue weighted by atomic mass is 16.7. The topological polar surface area (TPSA) is 84.5 Å². The zero-order valence-electron chi connectivity index (χ0n) is 10.8. The standard InChI is InChI=1S/C13H18N2O4/c14-5-1-3-11-16-7-13(8-17-11)9-18-12(19-10-13)4-2-6-15/h11-12H,1-4,7-10H2. The van der Waals surface area contributed by atoms with E-state index in [0.29, 0.717) is 52.1 Å². The lowest BCUT2D eigenvalue weighted by atomic mass is 9.90. The molecule has 2 fully saturated rings. The third-order valence-electron chi connectivity index (χ3n) is 3.29. The van der Waals surface area contributed by atoms with E-state index in [1.54, 1.807) is 0 Å². The Balaban J connectivity index is 1.72. The van der Waals surface area contributed by atoms with Crippen molar-refractivity contribution >= 4 is 0 Å². The van der Waals surface area contributed by atoms with Crippen LogP contribution >= 0.6 is 0 Å². The number of nitrogens with zero attached hydrogens (tertiary/aromatic N) is 2. The van der Waals surface area contributed by atoms with Crippen LogP contribution in [0.1, 0.15) is 25.7 Å². The molecule has 0 atom stereocenters. The normalized spacial score (nSPS) is 34.6. The second-order valence-electron chi connectivity index (χ2n) is 5.00. The zero-order valence-corrected chi connectivity index (χ0v) is 10.8. The Morgan fingerprint density at radius 2 is 1.16 bits per heavy atom. The molecule has 2 aliphatic rings. The van der Waals surface area contributed by atoms with Crippen LogP contribution in [0.15, 0.2) is 0 Å². The molecule has 6 heteroatoms. The highest BCUT2D eigenvalue weighted by molar-refractivity contribution is 4.85. The van der Waals surface area contributed by atoms with E-state index in [-0.39, 0.29) is 18.0 Å². The molecule has 0 unspecified atom stereocenters. The highest BCUT2D eigenvalue weighted by Crippen LogP contribution is 2.31. The van der Waals surface area contributed by atoms with E-state index < -0.39 is 0 Å². The first-order valence-corrected chi connectivity index (χ1v) is 6.48. The Morgan fingerprint density at radius 3 is 1.47 bits per heavy atom. The number of nitriles is 2. The third kappa shape index (κ3) is 3.89. The minimum atomic E-state index is -0.290. The Kier molecular flexibility index (Phi) is 5.12. The first-order valence-electron chi connectivity index (χ1n) is 6.48. The molecule has 19 heavy (non-hydrogen) atoms. The Morgan fingerprint density at radius 1 is 0.789 bits per heavy atom. The number of hydrogen-bond donors (Lipinski definition) is 0. The maximum absolute atomic E-state index is 8.52. The predicted octanol–water partition coefficient (Wildman–Crippen LogP) is 1.33. The van der Waals surface area contributed by atoms with Crippen molar-refractivity contribution in [3.63, 3.8) is 0 Å². The Hall–Kier alpha value is -1.18. The van der Waals surface area contributed by atoms with Crippen LogP contribution in [0.25, 0.3) is 0 Å². The van der Waals surface area contributed by atoms with Crippen LogP contribution in [0.3, 0.4) is 0 Å². The molecule has 2 heterocycles. The Bertz CT molecular complexity index is 318. The summed E-state index contributed by atoms with van der Waals surface area (Å²) < 4.78 is 22.4. The van der Waals surface area contributed by atoms with Gasteiger partial charge in [0.05, 0.1) is 44.0 Å². The van der Waals surface area contributed by atoms with Crippen LogP contribution in [-0.2, 0) is 18.9 Å². The molecule has 104 valence electrons. The van der Waals surface area contributed by atoms with Crippen molar-refractivity contribution in [3.8, 4) is 12.1 Å². The fourth-order valence-electron chi connectivity index (χ4n) is 2.12. The lowest BCUT2D eigenvalue weighted by molar-refractivity contribution is -0.303. The average Bonchev–Trinajstić information content (AvgIpc) is 2.46. The first kappa shape index (κ1) is 14.2. The molecule has 0 saturated carbocycles. The van der Waals surface area contributed by atoms with Crippen LogP contribution in [0, 0.1) is 28.1 Å². The molecule has 0 radical (unpaired) electrons. The van der Waals surface area contributed by atoms with Gasteiger partial charge >= 0.3 is 0 Å². The molecule has 0 aromatic rings. The lowest BCUT2D eigenvalue weighted by Crippen LogP contribution is -2.52. The summed E-state index contributed by atoms with van der Waals surface area (Å²) in [5, 5.41) is 17.0. The van der Waals surface area contributed by atoms with Gasteiger partial charge in [-0.3, -0.25) is 0 Å². The van der Waals surface area contributed by atoms with Gasteiger partial charge in [-0.2, -0.15) is 10.5 Å². The van der Waals surface area contributed by atoms with Crippen molar-refractivity contribution in [1.82, 2.24) is 0 Å². The maximum Gasteiger partial charge on any atom is 0.158 e. The molecular weight excluding hydrogens is 248 g/mol. The molecular formula is C13H18N2O4. The van der Waals surface area contributed by atoms with Gasteiger partial charge in [0.2, 0.25) is 0 Å². The second-order valence-corrected chi connectivity index (χ2v) is 5.00. The van der Waals surface area contributed by atoms with Crippen molar-refractivity contribution < 1.29 is 18.9 Å². The highest BCUT2D eigenvalue weighted by Gasteiger charge is 2.41. The van der Waals surface area contributed by atoms with E-state index in [1.165, 1.54) is 0 Å². The summed E-state index contributed by atoms with van der Waals surface area (Å²) in [7, 11) is 0. The van der Waals surface area contributed by atoms with Gasteiger partial charge in [0.15, 0.2) is 12.6 Å². The predicted molar refractivity (Wildman–Crippen MR) is 63.5 cm³/mol. The smallest absolute Gasteiger partial charge is 0.158 e. The summed E-state index contributed by atoms with van der Waals surface area (Å²) >= 11 is 0. The molecule has 0 aromatic carbocycles. The van der Waals surface area contributed by atoms with Crippen molar-refractivity contribution in [2.24, 2.45) is 5.41 Å². The molecule has 0 bridgehead atoms. The van der Waals surface area contributed by atoms with Gasteiger partial charge in [-0.15, -0.1) is 0 Å². The van der Waals surface area contributed by atoms with Gasteiger partial charge in [0, 0.05) is 25.7 Å². The van der Waals surface area contributed by atoms with E-state index in [0.717, 1.165) is 0 Å². The van der Waals surface area contributed by atoms with E-state index in [4.69, 9.17) is 29.5 Å².